The quantitative estimate of drug-likeness (QED) is 0.205. The summed E-state index contributed by atoms with van der Waals surface area (Å²) in [5.74, 6) is 0.592. The van der Waals surface area contributed by atoms with Gasteiger partial charge in [-0.1, -0.05) is 6.07 Å². The summed E-state index contributed by atoms with van der Waals surface area (Å²) in [7, 11) is 4.00. The number of nitrogens with one attached hydrogen (secondary N) is 1. The number of piperazine rings is 1. The van der Waals surface area contributed by atoms with Crippen LogP contribution in [0.1, 0.15) is 41.5 Å². The summed E-state index contributed by atoms with van der Waals surface area (Å²) in [6.45, 7) is 10.2. The van der Waals surface area contributed by atoms with Gasteiger partial charge >= 0.3 is 6.18 Å². The standard InChI is InChI=1S/C32H36F3N8OSSi/c1-21-22(3-4-28-26(21)13-24(16-36)43(28)18-31(2,46)42-11-9-41(20-44)10-12-42)17-40-7-5-23(6-8-40)39-29-27-14-25(15-32(33,34)35)45-30(27)38-19-37-29/h3-4,13-14,19-20,23H,5-12,15,17-18H2,1-2H3,(H,37,38,39)/t31-/m0/s1. The highest BCUT2D eigenvalue weighted by Crippen LogP contribution is 2.34. The molecule has 0 aliphatic carbocycles. The highest BCUT2D eigenvalue weighted by atomic mass is 32.1. The first-order chi connectivity index (χ1) is 21.9. The second kappa shape index (κ2) is 12.9. The van der Waals surface area contributed by atoms with Gasteiger partial charge in [0.05, 0.1) is 22.0 Å². The fourth-order valence-corrected chi connectivity index (χ4v) is 8.07. The minimum absolute atomic E-state index is 0.163. The van der Waals surface area contributed by atoms with Gasteiger partial charge in [0.15, 0.2) is 0 Å². The Morgan fingerprint density at radius 1 is 1.11 bits per heavy atom. The van der Waals surface area contributed by atoms with E-state index in [4.69, 9.17) is 0 Å². The van der Waals surface area contributed by atoms with Crippen LogP contribution < -0.4 is 5.32 Å². The third kappa shape index (κ3) is 6.92. The summed E-state index contributed by atoms with van der Waals surface area (Å²) < 4.78 is 40.9. The molecule has 0 unspecified atom stereocenters. The minimum Gasteiger partial charge on any atom is -0.367 e. The Morgan fingerprint density at radius 3 is 2.52 bits per heavy atom. The molecular weight excluding hydrogens is 630 g/mol. The van der Waals surface area contributed by atoms with Crippen molar-refractivity contribution in [2.24, 2.45) is 0 Å². The summed E-state index contributed by atoms with van der Waals surface area (Å²) in [5, 5.41) is 14.8. The van der Waals surface area contributed by atoms with Crippen LogP contribution in [0.15, 0.2) is 30.6 Å². The SMILES string of the molecule is Cc1c(CN2CCC(Nc3ncnc4sc(CC(F)(F)F)cc34)CC2)ccc2c1cc(C#N)n2C[C@](C)([Si])N1CCN(C=O)CC1. The normalized spacial score (nSPS) is 18.6. The Kier molecular flexibility index (Phi) is 9.12. The van der Waals surface area contributed by atoms with Crippen LogP contribution in [0.3, 0.4) is 0 Å². The monoisotopic (exact) mass is 665 g/mol. The maximum Gasteiger partial charge on any atom is 0.393 e. The number of anilines is 1. The van der Waals surface area contributed by atoms with Crippen molar-refractivity contribution in [3.63, 3.8) is 0 Å². The number of halogens is 3. The number of aromatic nitrogens is 3. The molecule has 0 bridgehead atoms. The zero-order chi connectivity index (χ0) is 32.6. The summed E-state index contributed by atoms with van der Waals surface area (Å²) in [5.41, 5.74) is 4.03. The predicted octanol–water partition coefficient (Wildman–Crippen LogP) is 4.67. The van der Waals surface area contributed by atoms with Crippen LogP contribution >= 0.6 is 11.3 Å². The smallest absolute Gasteiger partial charge is 0.367 e. The summed E-state index contributed by atoms with van der Waals surface area (Å²) in [6.07, 6.45) is -1.15. The average Bonchev–Trinajstić information content (AvgIpc) is 3.59. The van der Waals surface area contributed by atoms with Crippen LogP contribution in [0, 0.1) is 18.3 Å². The molecule has 0 spiro atoms. The molecule has 1 aromatic carbocycles. The molecule has 2 aliphatic rings. The number of benzene rings is 1. The van der Waals surface area contributed by atoms with Crippen molar-refractivity contribution in [3.05, 3.63) is 52.3 Å². The molecule has 2 saturated heterocycles. The fraction of sp³-hybridized carbons (Fsp3) is 0.500. The number of hydrogen-bond acceptors (Lipinski definition) is 8. The van der Waals surface area contributed by atoms with Gasteiger partial charge in [-0.2, -0.15) is 18.4 Å². The Labute approximate surface area is 273 Å². The number of nitrogens with zero attached hydrogens (tertiary/aromatic N) is 7. The minimum atomic E-state index is -4.26. The molecule has 3 radical (unpaired) electrons. The lowest BCUT2D eigenvalue weighted by atomic mass is 10.0. The average molecular weight is 666 g/mol. The largest absolute Gasteiger partial charge is 0.393 e. The molecule has 1 atom stereocenters. The zero-order valence-corrected chi connectivity index (χ0v) is 27.7. The van der Waals surface area contributed by atoms with Crippen LogP contribution in [0.2, 0.25) is 0 Å². The highest BCUT2D eigenvalue weighted by molar-refractivity contribution is 7.18. The van der Waals surface area contributed by atoms with E-state index < -0.39 is 12.6 Å². The van der Waals surface area contributed by atoms with Gasteiger partial charge in [-0.05, 0) is 56.0 Å². The molecule has 5 heterocycles. The van der Waals surface area contributed by atoms with E-state index in [2.05, 4.69) is 71.9 Å². The molecule has 3 aromatic heterocycles. The van der Waals surface area contributed by atoms with Crippen molar-refractivity contribution in [1.29, 1.82) is 5.26 Å². The van der Waals surface area contributed by atoms with Gasteiger partial charge in [-0.3, -0.25) is 14.6 Å². The number of thiophene rings is 1. The number of carbonyl (C=O) groups is 1. The Bertz CT molecular complexity index is 1760. The number of carbonyl (C=O) groups excluding carboxylic acids is 1. The van der Waals surface area contributed by atoms with Gasteiger partial charge in [0.25, 0.3) is 0 Å². The van der Waals surface area contributed by atoms with Crippen LogP contribution in [0.25, 0.3) is 21.1 Å². The Morgan fingerprint density at radius 2 is 1.85 bits per heavy atom. The van der Waals surface area contributed by atoms with Gasteiger partial charge in [0.2, 0.25) is 6.41 Å². The maximum atomic E-state index is 12.9. The van der Waals surface area contributed by atoms with Crippen molar-refractivity contribution in [1.82, 2.24) is 29.2 Å². The number of rotatable bonds is 9. The third-order valence-corrected chi connectivity index (χ3v) is 10.8. The molecule has 1 N–H and O–H groups in total. The number of piperidine rings is 1. The lowest BCUT2D eigenvalue weighted by Gasteiger charge is -2.43. The lowest BCUT2D eigenvalue weighted by molar-refractivity contribution is -0.126. The molecule has 9 nitrogen and oxygen atoms in total. The van der Waals surface area contributed by atoms with Crippen LogP contribution in [0.5, 0.6) is 0 Å². The molecule has 14 heteroatoms. The fourth-order valence-electron chi connectivity index (χ4n) is 6.66. The molecule has 2 aliphatic heterocycles. The molecular formula is C32H36F3N8OSSi. The van der Waals surface area contributed by atoms with Crippen LogP contribution in [-0.4, -0.2) is 103 Å². The van der Waals surface area contributed by atoms with E-state index in [1.54, 1.807) is 11.0 Å². The number of hydrogen-bond donors (Lipinski definition) is 1. The lowest BCUT2D eigenvalue weighted by Crippen LogP contribution is -2.57. The number of amides is 1. The van der Waals surface area contributed by atoms with Gasteiger partial charge in [0, 0.05) is 79.3 Å². The van der Waals surface area contributed by atoms with E-state index in [0.717, 1.165) is 74.2 Å². The molecule has 46 heavy (non-hydrogen) atoms. The highest BCUT2D eigenvalue weighted by Gasteiger charge is 2.32. The Hall–Kier alpha value is -3.51. The van der Waals surface area contributed by atoms with E-state index in [1.165, 1.54) is 17.5 Å². The predicted molar refractivity (Wildman–Crippen MR) is 174 cm³/mol. The van der Waals surface area contributed by atoms with Crippen molar-refractivity contribution < 1.29 is 18.0 Å². The number of aryl methyl sites for hydroxylation is 1. The molecule has 0 saturated carbocycles. The topological polar surface area (TPSA) is 93.3 Å². The first kappa shape index (κ1) is 32.4. The van der Waals surface area contributed by atoms with Gasteiger partial charge in [-0.25, -0.2) is 9.97 Å². The van der Waals surface area contributed by atoms with E-state index in [9.17, 15) is 23.2 Å². The summed E-state index contributed by atoms with van der Waals surface area (Å²) in [6, 6.07) is 10.4. The molecule has 2 fully saturated rings. The van der Waals surface area contributed by atoms with Gasteiger partial charge < -0.3 is 14.8 Å². The number of likely N-dealkylation sites (tertiary alicyclic amines) is 1. The van der Waals surface area contributed by atoms with E-state index in [-0.39, 0.29) is 16.1 Å². The van der Waals surface area contributed by atoms with Crippen LogP contribution in [0.4, 0.5) is 19.0 Å². The third-order valence-electron chi connectivity index (χ3n) is 9.29. The second-order valence-electron chi connectivity index (χ2n) is 12.6. The first-order valence-electron chi connectivity index (χ1n) is 15.4. The van der Waals surface area contributed by atoms with E-state index >= 15 is 0 Å². The molecule has 1 amide bonds. The zero-order valence-electron chi connectivity index (χ0n) is 25.9. The van der Waals surface area contributed by atoms with Gasteiger partial charge in [-0.15, -0.1) is 11.3 Å². The van der Waals surface area contributed by atoms with E-state index in [1.807, 2.05) is 6.07 Å². The van der Waals surface area contributed by atoms with Crippen molar-refractivity contribution in [2.75, 3.05) is 44.6 Å². The van der Waals surface area contributed by atoms with Gasteiger partial charge in [0.1, 0.15) is 28.7 Å². The summed E-state index contributed by atoms with van der Waals surface area (Å²) in [4.78, 5) is 27.0. The first-order valence-corrected chi connectivity index (χ1v) is 16.8. The molecule has 6 rings (SSSR count). The van der Waals surface area contributed by atoms with Crippen molar-refractivity contribution in [2.45, 2.75) is 63.6 Å². The number of fused-ring (bicyclic) bond motifs is 2. The van der Waals surface area contributed by atoms with Crippen LogP contribution in [-0.2, 0) is 24.3 Å². The molecule has 4 aromatic rings. The van der Waals surface area contributed by atoms with E-state index in [0.29, 0.717) is 41.4 Å². The number of nitriles is 1. The molecule has 241 valence electrons. The summed E-state index contributed by atoms with van der Waals surface area (Å²) >= 11 is 1.06. The second-order valence-corrected chi connectivity index (χ2v) is 14.7. The Balaban J connectivity index is 1.11. The van der Waals surface area contributed by atoms with Crippen molar-refractivity contribution >= 4 is 54.9 Å². The maximum absolute atomic E-state index is 12.9. The van der Waals surface area contributed by atoms with Crippen molar-refractivity contribution in [3.8, 4) is 6.07 Å². The number of alkyl halides is 3.